The number of hydrogen-bond donors (Lipinski definition) is 1. The molecule has 0 aliphatic carbocycles. The van der Waals surface area contributed by atoms with Crippen LogP contribution >= 0.6 is 0 Å². The maximum absolute atomic E-state index is 11.3. The van der Waals surface area contributed by atoms with E-state index in [1.807, 2.05) is 13.8 Å². The van der Waals surface area contributed by atoms with Gasteiger partial charge in [0.1, 0.15) is 5.78 Å². The molecule has 0 radical (unpaired) electrons. The second-order valence-corrected chi connectivity index (χ2v) is 2.97. The summed E-state index contributed by atoms with van der Waals surface area (Å²) in [7, 11) is 0. The molecule has 0 unspecified atom stereocenters. The zero-order chi connectivity index (χ0) is 8.85. The van der Waals surface area contributed by atoms with Crippen LogP contribution in [0.25, 0.3) is 0 Å². The molecule has 2 heteroatoms. The highest BCUT2D eigenvalue weighted by atomic mass is 16.3. The minimum Gasteiger partial charge on any atom is -0.393 e. The van der Waals surface area contributed by atoms with Gasteiger partial charge in [0.15, 0.2) is 0 Å². The second kappa shape index (κ2) is 5.30. The van der Waals surface area contributed by atoms with E-state index < -0.39 is 6.10 Å². The van der Waals surface area contributed by atoms with E-state index in [0.717, 1.165) is 12.8 Å². The van der Waals surface area contributed by atoms with Gasteiger partial charge in [-0.15, -0.1) is 0 Å². The number of hydrogen-bond acceptors (Lipinski definition) is 2. The molecule has 1 N–H and O–H groups in total. The van der Waals surface area contributed by atoms with Gasteiger partial charge in [0.25, 0.3) is 0 Å². The van der Waals surface area contributed by atoms with Gasteiger partial charge < -0.3 is 5.11 Å². The summed E-state index contributed by atoms with van der Waals surface area (Å²) in [5.41, 5.74) is 0. The Bertz CT molecular complexity index is 119. The highest BCUT2D eigenvalue weighted by Gasteiger charge is 2.19. The van der Waals surface area contributed by atoms with Gasteiger partial charge in [-0.25, -0.2) is 0 Å². The summed E-state index contributed by atoms with van der Waals surface area (Å²) in [5.74, 6) is 0.0555. The van der Waals surface area contributed by atoms with Crippen molar-refractivity contribution in [2.24, 2.45) is 5.92 Å². The fourth-order valence-corrected chi connectivity index (χ4v) is 1.27. The smallest absolute Gasteiger partial charge is 0.138 e. The Kier molecular flexibility index (Phi) is 5.12. The number of ketones is 1. The van der Waals surface area contributed by atoms with Crippen molar-refractivity contribution in [3.05, 3.63) is 0 Å². The highest BCUT2D eigenvalue weighted by Crippen LogP contribution is 2.12. The van der Waals surface area contributed by atoms with Crippen LogP contribution < -0.4 is 0 Å². The Morgan fingerprint density at radius 1 is 1.45 bits per heavy atom. The third-order valence-electron chi connectivity index (χ3n) is 1.93. The molecule has 0 aliphatic heterocycles. The van der Waals surface area contributed by atoms with E-state index in [4.69, 9.17) is 0 Å². The third kappa shape index (κ3) is 3.51. The lowest BCUT2D eigenvalue weighted by atomic mass is 9.93. The first-order valence-electron chi connectivity index (χ1n) is 4.34. The van der Waals surface area contributed by atoms with Crippen molar-refractivity contribution in [3.63, 3.8) is 0 Å². The van der Waals surface area contributed by atoms with Crippen LogP contribution in [0.4, 0.5) is 0 Å². The van der Waals surface area contributed by atoms with Gasteiger partial charge in [-0.3, -0.25) is 4.79 Å². The molecular formula is C9H18O2. The van der Waals surface area contributed by atoms with Crippen LogP contribution in [0, 0.1) is 5.92 Å². The Labute approximate surface area is 68.6 Å². The standard InChI is InChI=1S/C9H18O2/c1-4-6-9(11)8(5-2)7(3)10/h7-8,10H,4-6H2,1-3H3/t7-,8-/m0/s1. The van der Waals surface area contributed by atoms with Crippen LogP contribution in [0.5, 0.6) is 0 Å². The highest BCUT2D eigenvalue weighted by molar-refractivity contribution is 5.81. The summed E-state index contributed by atoms with van der Waals surface area (Å²) < 4.78 is 0. The first kappa shape index (κ1) is 10.6. The monoisotopic (exact) mass is 158 g/mol. The van der Waals surface area contributed by atoms with Crippen molar-refractivity contribution < 1.29 is 9.90 Å². The van der Waals surface area contributed by atoms with E-state index in [9.17, 15) is 9.90 Å². The molecule has 0 aromatic rings. The summed E-state index contributed by atoms with van der Waals surface area (Å²) in [4.78, 5) is 11.3. The Morgan fingerprint density at radius 3 is 2.27 bits per heavy atom. The number of carbonyl (C=O) groups is 1. The van der Waals surface area contributed by atoms with Crippen molar-refractivity contribution in [2.45, 2.75) is 46.1 Å². The lowest BCUT2D eigenvalue weighted by Crippen LogP contribution is -2.24. The van der Waals surface area contributed by atoms with Gasteiger partial charge >= 0.3 is 0 Å². The van der Waals surface area contributed by atoms with Crippen molar-refractivity contribution in [2.75, 3.05) is 0 Å². The van der Waals surface area contributed by atoms with Crippen molar-refractivity contribution >= 4 is 5.78 Å². The summed E-state index contributed by atoms with van der Waals surface area (Å²) in [6.45, 7) is 5.60. The SMILES string of the molecule is CCCC(=O)[C@@H](CC)[C@H](C)O. The molecule has 66 valence electrons. The van der Waals surface area contributed by atoms with Crippen molar-refractivity contribution in [1.82, 2.24) is 0 Å². The maximum atomic E-state index is 11.3. The molecule has 0 amide bonds. The molecule has 0 aliphatic rings. The van der Waals surface area contributed by atoms with Crippen LogP contribution in [0.15, 0.2) is 0 Å². The molecule has 0 bridgehead atoms. The van der Waals surface area contributed by atoms with E-state index in [1.165, 1.54) is 0 Å². The maximum Gasteiger partial charge on any atom is 0.138 e. The summed E-state index contributed by atoms with van der Waals surface area (Å²) in [5, 5.41) is 9.19. The van der Waals surface area contributed by atoms with Crippen LogP contribution in [0.1, 0.15) is 40.0 Å². The summed E-state index contributed by atoms with van der Waals surface area (Å²) in [6, 6.07) is 0. The zero-order valence-electron chi connectivity index (χ0n) is 7.63. The lowest BCUT2D eigenvalue weighted by molar-refractivity contribution is -0.126. The minimum atomic E-state index is -0.487. The molecule has 0 aromatic heterocycles. The van der Waals surface area contributed by atoms with E-state index in [0.29, 0.717) is 6.42 Å². The molecule has 0 rings (SSSR count). The van der Waals surface area contributed by atoms with Gasteiger partial charge in [0.05, 0.1) is 6.10 Å². The quantitative estimate of drug-likeness (QED) is 0.662. The first-order chi connectivity index (χ1) is 5.13. The topological polar surface area (TPSA) is 37.3 Å². The van der Waals surface area contributed by atoms with Crippen LogP contribution in [0.2, 0.25) is 0 Å². The van der Waals surface area contributed by atoms with Crippen LogP contribution in [-0.2, 0) is 4.79 Å². The Balaban J connectivity index is 3.92. The van der Waals surface area contributed by atoms with Gasteiger partial charge in [0, 0.05) is 12.3 Å². The predicted octanol–water partition coefficient (Wildman–Crippen LogP) is 1.76. The molecule has 0 saturated carbocycles. The van der Waals surface area contributed by atoms with Gasteiger partial charge in [0.2, 0.25) is 0 Å². The van der Waals surface area contributed by atoms with Crippen LogP contribution in [0.3, 0.4) is 0 Å². The lowest BCUT2D eigenvalue weighted by Gasteiger charge is -2.15. The van der Waals surface area contributed by atoms with Gasteiger partial charge in [-0.05, 0) is 19.8 Å². The fourth-order valence-electron chi connectivity index (χ4n) is 1.27. The predicted molar refractivity (Wildman–Crippen MR) is 45.4 cm³/mol. The van der Waals surface area contributed by atoms with Crippen molar-refractivity contribution in [3.8, 4) is 0 Å². The summed E-state index contributed by atoms with van der Waals surface area (Å²) in [6.07, 6.45) is 1.74. The molecule has 0 spiro atoms. The number of rotatable bonds is 5. The molecule has 11 heavy (non-hydrogen) atoms. The zero-order valence-corrected chi connectivity index (χ0v) is 7.63. The molecule has 2 atom stereocenters. The van der Waals surface area contributed by atoms with Gasteiger partial charge in [-0.1, -0.05) is 13.8 Å². The normalized spacial score (nSPS) is 16.0. The fraction of sp³-hybridized carbons (Fsp3) is 0.889. The van der Waals surface area contributed by atoms with Crippen LogP contribution in [-0.4, -0.2) is 17.0 Å². The number of Topliss-reactive ketones (excluding diaryl/α,β-unsaturated/α-hetero) is 1. The number of carbonyl (C=O) groups excluding carboxylic acids is 1. The average molecular weight is 158 g/mol. The first-order valence-corrected chi connectivity index (χ1v) is 4.34. The largest absolute Gasteiger partial charge is 0.393 e. The molecule has 0 fully saturated rings. The van der Waals surface area contributed by atoms with Gasteiger partial charge in [-0.2, -0.15) is 0 Å². The van der Waals surface area contributed by atoms with E-state index in [2.05, 4.69) is 0 Å². The van der Waals surface area contributed by atoms with E-state index in [1.54, 1.807) is 6.92 Å². The average Bonchev–Trinajstić information content (AvgIpc) is 1.88. The molecular weight excluding hydrogens is 140 g/mol. The molecule has 0 saturated heterocycles. The summed E-state index contributed by atoms with van der Waals surface area (Å²) >= 11 is 0. The molecule has 2 nitrogen and oxygen atoms in total. The number of aliphatic hydroxyl groups excluding tert-OH is 1. The Morgan fingerprint density at radius 2 is 2.00 bits per heavy atom. The third-order valence-corrected chi connectivity index (χ3v) is 1.93. The second-order valence-electron chi connectivity index (χ2n) is 2.97. The van der Waals surface area contributed by atoms with Crippen molar-refractivity contribution in [1.29, 1.82) is 0 Å². The number of aliphatic hydroxyl groups is 1. The molecule has 0 aromatic carbocycles. The van der Waals surface area contributed by atoms with E-state index >= 15 is 0 Å². The minimum absolute atomic E-state index is 0.144. The van der Waals surface area contributed by atoms with E-state index in [-0.39, 0.29) is 11.7 Å². The molecule has 0 heterocycles. The Hall–Kier alpha value is -0.370.